The SMILES string of the molecule is COC(=O)CCn1c(=NC(=O)c2cc(OC)cc(OC)c2)sc2cc3c(cc21)OCO3. The first kappa shape index (κ1) is 20.7. The van der Waals surface area contributed by atoms with Gasteiger partial charge in [-0.3, -0.25) is 9.59 Å². The summed E-state index contributed by atoms with van der Waals surface area (Å²) in [5.74, 6) is 1.38. The van der Waals surface area contributed by atoms with Crippen molar-refractivity contribution in [1.82, 2.24) is 4.57 Å². The van der Waals surface area contributed by atoms with Crippen LogP contribution in [0.25, 0.3) is 10.2 Å². The number of amides is 1. The minimum Gasteiger partial charge on any atom is -0.497 e. The molecular formula is C21H20N2O7S. The molecule has 3 aromatic rings. The molecule has 0 saturated heterocycles. The van der Waals surface area contributed by atoms with Crippen molar-refractivity contribution in [3.8, 4) is 23.0 Å². The van der Waals surface area contributed by atoms with Gasteiger partial charge in [0.2, 0.25) is 6.79 Å². The molecule has 1 aliphatic heterocycles. The quantitative estimate of drug-likeness (QED) is 0.539. The Balaban J connectivity index is 1.81. The third-order valence-corrected chi connectivity index (χ3v) is 5.78. The van der Waals surface area contributed by atoms with Crippen molar-refractivity contribution in [2.75, 3.05) is 28.1 Å². The molecule has 0 bridgehead atoms. The molecule has 0 saturated carbocycles. The van der Waals surface area contributed by atoms with E-state index in [0.717, 1.165) is 10.2 Å². The van der Waals surface area contributed by atoms with Crippen molar-refractivity contribution in [3.05, 3.63) is 40.7 Å². The maximum absolute atomic E-state index is 12.9. The van der Waals surface area contributed by atoms with E-state index in [0.29, 0.717) is 39.9 Å². The van der Waals surface area contributed by atoms with E-state index in [1.54, 1.807) is 22.8 Å². The van der Waals surface area contributed by atoms with Gasteiger partial charge < -0.3 is 28.3 Å². The molecule has 0 fully saturated rings. The Morgan fingerprint density at radius 1 is 1.03 bits per heavy atom. The van der Waals surface area contributed by atoms with Crippen LogP contribution < -0.4 is 23.7 Å². The van der Waals surface area contributed by atoms with Gasteiger partial charge in [0, 0.05) is 30.3 Å². The lowest BCUT2D eigenvalue weighted by Crippen LogP contribution is -2.19. The number of aromatic nitrogens is 1. The maximum Gasteiger partial charge on any atom is 0.307 e. The highest BCUT2D eigenvalue weighted by atomic mass is 32.1. The van der Waals surface area contributed by atoms with Gasteiger partial charge in [0.15, 0.2) is 16.3 Å². The van der Waals surface area contributed by atoms with Crippen molar-refractivity contribution in [1.29, 1.82) is 0 Å². The summed E-state index contributed by atoms with van der Waals surface area (Å²) in [5.41, 5.74) is 1.11. The van der Waals surface area contributed by atoms with Crippen molar-refractivity contribution in [3.63, 3.8) is 0 Å². The molecule has 9 nitrogen and oxygen atoms in total. The molecule has 31 heavy (non-hydrogen) atoms. The molecule has 1 aromatic heterocycles. The summed E-state index contributed by atoms with van der Waals surface area (Å²) in [4.78, 5) is 29.4. The molecule has 0 N–H and O–H groups in total. The van der Waals surface area contributed by atoms with Crippen LogP contribution in [-0.4, -0.2) is 44.6 Å². The topological polar surface area (TPSA) is 97.6 Å². The molecule has 1 aliphatic rings. The Morgan fingerprint density at radius 2 is 1.71 bits per heavy atom. The smallest absolute Gasteiger partial charge is 0.307 e. The zero-order valence-electron chi connectivity index (χ0n) is 17.2. The van der Waals surface area contributed by atoms with Crippen LogP contribution in [0.3, 0.4) is 0 Å². The second-order valence-electron chi connectivity index (χ2n) is 6.55. The van der Waals surface area contributed by atoms with E-state index >= 15 is 0 Å². The highest BCUT2D eigenvalue weighted by Crippen LogP contribution is 2.37. The minimum atomic E-state index is -0.462. The van der Waals surface area contributed by atoms with Gasteiger partial charge in [-0.1, -0.05) is 11.3 Å². The lowest BCUT2D eigenvalue weighted by atomic mass is 10.2. The van der Waals surface area contributed by atoms with Crippen LogP contribution in [-0.2, 0) is 16.1 Å². The lowest BCUT2D eigenvalue weighted by Gasteiger charge is -2.07. The number of methoxy groups -OCH3 is 3. The van der Waals surface area contributed by atoms with Crippen LogP contribution in [0.4, 0.5) is 0 Å². The number of ether oxygens (including phenoxy) is 5. The predicted octanol–water partition coefficient (Wildman–Crippen LogP) is 2.75. The minimum absolute atomic E-state index is 0.130. The van der Waals surface area contributed by atoms with E-state index < -0.39 is 5.91 Å². The number of rotatable bonds is 6. The molecular weight excluding hydrogens is 424 g/mol. The Morgan fingerprint density at radius 3 is 2.35 bits per heavy atom. The summed E-state index contributed by atoms with van der Waals surface area (Å²) >= 11 is 1.32. The molecule has 0 spiro atoms. The van der Waals surface area contributed by atoms with E-state index in [2.05, 4.69) is 4.99 Å². The fourth-order valence-corrected chi connectivity index (χ4v) is 4.21. The fourth-order valence-electron chi connectivity index (χ4n) is 3.15. The number of thiazole rings is 1. The Hall–Kier alpha value is -3.53. The number of fused-ring (bicyclic) bond motifs is 2. The summed E-state index contributed by atoms with van der Waals surface area (Å²) in [6, 6.07) is 8.53. The van der Waals surface area contributed by atoms with Crippen LogP contribution in [0, 0.1) is 0 Å². The van der Waals surface area contributed by atoms with Gasteiger partial charge in [0.25, 0.3) is 5.91 Å². The van der Waals surface area contributed by atoms with Crippen LogP contribution in [0.15, 0.2) is 35.3 Å². The Kier molecular flexibility index (Phi) is 5.81. The Labute approximate surface area is 181 Å². The summed E-state index contributed by atoms with van der Waals surface area (Å²) < 4.78 is 28.8. The number of hydrogen-bond acceptors (Lipinski definition) is 8. The number of hydrogen-bond donors (Lipinski definition) is 0. The van der Waals surface area contributed by atoms with Gasteiger partial charge >= 0.3 is 5.97 Å². The first-order valence-corrected chi connectivity index (χ1v) is 10.2. The molecule has 0 radical (unpaired) electrons. The average Bonchev–Trinajstić information content (AvgIpc) is 3.38. The van der Waals surface area contributed by atoms with Gasteiger partial charge in [-0.25, -0.2) is 0 Å². The largest absolute Gasteiger partial charge is 0.497 e. The third kappa shape index (κ3) is 4.19. The third-order valence-electron chi connectivity index (χ3n) is 4.74. The highest BCUT2D eigenvalue weighted by molar-refractivity contribution is 7.16. The highest BCUT2D eigenvalue weighted by Gasteiger charge is 2.19. The number of aryl methyl sites for hydroxylation is 1. The zero-order chi connectivity index (χ0) is 22.0. The molecule has 0 unspecified atom stereocenters. The monoisotopic (exact) mass is 444 g/mol. The second kappa shape index (κ2) is 8.68. The van der Waals surface area contributed by atoms with Crippen LogP contribution in [0.5, 0.6) is 23.0 Å². The normalized spacial score (nSPS) is 12.8. The van der Waals surface area contributed by atoms with Gasteiger partial charge in [-0.05, 0) is 12.1 Å². The number of carbonyl (C=O) groups is 2. The van der Waals surface area contributed by atoms with Crippen molar-refractivity contribution in [2.45, 2.75) is 13.0 Å². The number of nitrogens with zero attached hydrogens (tertiary/aromatic N) is 2. The first-order valence-electron chi connectivity index (χ1n) is 9.34. The summed E-state index contributed by atoms with van der Waals surface area (Å²) in [6.07, 6.45) is 0.130. The van der Waals surface area contributed by atoms with Crippen LogP contribution in [0.2, 0.25) is 0 Å². The van der Waals surface area contributed by atoms with Crippen molar-refractivity contribution in [2.24, 2.45) is 4.99 Å². The van der Waals surface area contributed by atoms with Crippen LogP contribution >= 0.6 is 11.3 Å². The molecule has 162 valence electrons. The average molecular weight is 444 g/mol. The molecule has 10 heteroatoms. The fraction of sp³-hybridized carbons (Fsp3) is 0.286. The molecule has 2 heterocycles. The molecule has 2 aromatic carbocycles. The zero-order valence-corrected chi connectivity index (χ0v) is 18.0. The van der Waals surface area contributed by atoms with Crippen LogP contribution in [0.1, 0.15) is 16.8 Å². The van der Waals surface area contributed by atoms with E-state index in [1.807, 2.05) is 12.1 Å². The van der Waals surface area contributed by atoms with E-state index in [9.17, 15) is 9.59 Å². The maximum atomic E-state index is 12.9. The predicted molar refractivity (Wildman–Crippen MR) is 112 cm³/mol. The number of benzene rings is 2. The van der Waals surface area contributed by atoms with E-state index in [1.165, 1.54) is 32.7 Å². The molecule has 1 amide bonds. The van der Waals surface area contributed by atoms with Gasteiger partial charge in [-0.15, -0.1) is 0 Å². The summed E-state index contributed by atoms with van der Waals surface area (Å²) in [7, 11) is 4.36. The van der Waals surface area contributed by atoms with Gasteiger partial charge in [0.05, 0.1) is 38.0 Å². The summed E-state index contributed by atoms with van der Waals surface area (Å²) in [5, 5.41) is 0. The molecule has 0 atom stereocenters. The lowest BCUT2D eigenvalue weighted by molar-refractivity contribution is -0.140. The van der Waals surface area contributed by atoms with Crippen molar-refractivity contribution >= 4 is 33.4 Å². The van der Waals surface area contributed by atoms with Gasteiger partial charge in [0.1, 0.15) is 11.5 Å². The Bertz CT molecular complexity index is 1210. The van der Waals surface area contributed by atoms with E-state index in [-0.39, 0.29) is 19.2 Å². The van der Waals surface area contributed by atoms with Gasteiger partial charge in [-0.2, -0.15) is 4.99 Å². The van der Waals surface area contributed by atoms with Crippen molar-refractivity contribution < 1.29 is 33.3 Å². The first-order chi connectivity index (χ1) is 15.0. The second-order valence-corrected chi connectivity index (χ2v) is 7.56. The number of carbonyl (C=O) groups excluding carboxylic acids is 2. The van der Waals surface area contributed by atoms with E-state index in [4.69, 9.17) is 23.7 Å². The standard InChI is InChI=1S/C21H20N2O7S/c1-26-13-6-12(7-14(8-13)27-2)20(25)22-21-23(5-4-19(24)28-3)15-9-16-17(30-11-29-16)10-18(15)31-21/h6-10H,4-5,11H2,1-3H3. The molecule has 4 rings (SSSR count). The summed E-state index contributed by atoms with van der Waals surface area (Å²) in [6.45, 7) is 0.446. The number of esters is 1. The molecule has 0 aliphatic carbocycles.